The quantitative estimate of drug-likeness (QED) is 0.810. The van der Waals surface area contributed by atoms with Crippen molar-refractivity contribution in [1.82, 2.24) is 5.32 Å². The molecule has 25 heavy (non-hydrogen) atoms. The maximum atomic E-state index is 12.4. The Morgan fingerprint density at radius 2 is 1.92 bits per heavy atom. The first-order chi connectivity index (χ1) is 12.2. The highest BCUT2D eigenvalue weighted by Crippen LogP contribution is 2.26. The van der Waals surface area contributed by atoms with Crippen LogP contribution in [-0.2, 0) is 11.3 Å². The van der Waals surface area contributed by atoms with E-state index in [1.165, 1.54) is 12.0 Å². The molecule has 1 aliphatic heterocycles. The van der Waals surface area contributed by atoms with Crippen molar-refractivity contribution in [1.29, 1.82) is 0 Å². The zero-order valence-corrected chi connectivity index (χ0v) is 14.9. The van der Waals surface area contributed by atoms with Gasteiger partial charge in [0.15, 0.2) is 0 Å². The molecule has 3 rings (SSSR count). The second-order valence-corrected chi connectivity index (χ2v) is 6.80. The lowest BCUT2D eigenvalue weighted by molar-refractivity contribution is -0.116. The number of para-hydroxylation sites is 2. The van der Waals surface area contributed by atoms with Gasteiger partial charge in [0.25, 0.3) is 0 Å². The van der Waals surface area contributed by atoms with Crippen LogP contribution in [0.2, 0.25) is 0 Å². The molecule has 0 saturated carbocycles. The summed E-state index contributed by atoms with van der Waals surface area (Å²) in [4.78, 5) is 14.5. The van der Waals surface area contributed by atoms with Crippen LogP contribution in [0.15, 0.2) is 54.6 Å². The van der Waals surface area contributed by atoms with E-state index in [2.05, 4.69) is 52.9 Å². The predicted molar refractivity (Wildman–Crippen MR) is 104 cm³/mol. The number of benzene rings is 2. The van der Waals surface area contributed by atoms with Gasteiger partial charge >= 0.3 is 0 Å². The topological polar surface area (TPSA) is 44.4 Å². The smallest absolute Gasteiger partial charge is 0.224 e. The van der Waals surface area contributed by atoms with Crippen molar-refractivity contribution in [2.75, 3.05) is 30.4 Å². The summed E-state index contributed by atoms with van der Waals surface area (Å²) in [5.41, 5.74) is 3.18. The van der Waals surface area contributed by atoms with Gasteiger partial charge < -0.3 is 15.5 Å². The van der Waals surface area contributed by atoms with E-state index in [-0.39, 0.29) is 5.91 Å². The number of nitrogens with one attached hydrogen (secondary N) is 2. The number of rotatable bonds is 7. The van der Waals surface area contributed by atoms with Crippen LogP contribution in [0.4, 0.5) is 11.4 Å². The summed E-state index contributed by atoms with van der Waals surface area (Å²) < 4.78 is 0. The minimum atomic E-state index is 0.104. The van der Waals surface area contributed by atoms with Crippen molar-refractivity contribution in [3.8, 4) is 0 Å². The summed E-state index contributed by atoms with van der Waals surface area (Å²) in [6.45, 7) is 2.94. The van der Waals surface area contributed by atoms with E-state index in [1.54, 1.807) is 0 Å². The molecule has 2 aromatic carbocycles. The molecule has 1 aliphatic rings. The Kier molecular flexibility index (Phi) is 6.07. The van der Waals surface area contributed by atoms with Crippen LogP contribution < -0.4 is 15.5 Å². The SMILES string of the molecule is CN(Cc1ccccc1)c1ccccc1NC(=O)CCC1CCNC1. The third kappa shape index (κ3) is 5.07. The molecule has 0 bridgehead atoms. The summed E-state index contributed by atoms with van der Waals surface area (Å²) in [6.07, 6.45) is 2.73. The van der Waals surface area contributed by atoms with Gasteiger partial charge in [-0.15, -0.1) is 0 Å². The van der Waals surface area contributed by atoms with Crippen molar-refractivity contribution in [3.63, 3.8) is 0 Å². The second-order valence-electron chi connectivity index (χ2n) is 6.80. The van der Waals surface area contributed by atoms with Gasteiger partial charge in [0.1, 0.15) is 0 Å². The third-order valence-corrected chi connectivity index (χ3v) is 4.79. The number of nitrogens with zero attached hydrogens (tertiary/aromatic N) is 1. The molecule has 0 radical (unpaired) electrons. The van der Waals surface area contributed by atoms with Gasteiger partial charge in [-0.25, -0.2) is 0 Å². The van der Waals surface area contributed by atoms with Crippen LogP contribution in [0, 0.1) is 5.92 Å². The molecule has 1 amide bonds. The lowest BCUT2D eigenvalue weighted by atomic mass is 10.0. The molecule has 0 aromatic heterocycles. The molecule has 1 fully saturated rings. The van der Waals surface area contributed by atoms with E-state index in [1.807, 2.05) is 24.3 Å². The van der Waals surface area contributed by atoms with Crippen molar-refractivity contribution < 1.29 is 4.79 Å². The second kappa shape index (κ2) is 8.67. The van der Waals surface area contributed by atoms with Crippen LogP contribution in [0.25, 0.3) is 0 Å². The summed E-state index contributed by atoms with van der Waals surface area (Å²) >= 11 is 0. The van der Waals surface area contributed by atoms with Gasteiger partial charge in [-0.05, 0) is 49.5 Å². The lowest BCUT2D eigenvalue weighted by Crippen LogP contribution is -2.20. The number of anilines is 2. The van der Waals surface area contributed by atoms with Crippen molar-refractivity contribution >= 4 is 17.3 Å². The molecule has 1 atom stereocenters. The fourth-order valence-corrected chi connectivity index (χ4v) is 3.36. The van der Waals surface area contributed by atoms with Gasteiger partial charge in [0.05, 0.1) is 11.4 Å². The fraction of sp³-hybridized carbons (Fsp3) is 0.381. The van der Waals surface area contributed by atoms with Gasteiger partial charge in [-0.2, -0.15) is 0 Å². The predicted octanol–water partition coefficient (Wildman–Crippen LogP) is 3.65. The minimum Gasteiger partial charge on any atom is -0.369 e. The number of hydrogen-bond acceptors (Lipinski definition) is 3. The van der Waals surface area contributed by atoms with Crippen LogP contribution in [0.1, 0.15) is 24.8 Å². The third-order valence-electron chi connectivity index (χ3n) is 4.79. The monoisotopic (exact) mass is 337 g/mol. The fourth-order valence-electron chi connectivity index (χ4n) is 3.36. The van der Waals surface area contributed by atoms with Crippen LogP contribution in [0.3, 0.4) is 0 Å². The summed E-state index contributed by atoms with van der Waals surface area (Å²) in [5.74, 6) is 0.745. The van der Waals surface area contributed by atoms with E-state index < -0.39 is 0 Å². The first-order valence-corrected chi connectivity index (χ1v) is 9.07. The molecule has 2 N–H and O–H groups in total. The minimum absolute atomic E-state index is 0.104. The molecule has 0 aliphatic carbocycles. The van der Waals surface area contributed by atoms with E-state index >= 15 is 0 Å². The van der Waals surface area contributed by atoms with Gasteiger partial charge in [-0.3, -0.25) is 4.79 Å². The van der Waals surface area contributed by atoms with Crippen molar-refractivity contribution in [2.45, 2.75) is 25.8 Å². The molecular weight excluding hydrogens is 310 g/mol. The average Bonchev–Trinajstić information content (AvgIpc) is 3.15. The van der Waals surface area contributed by atoms with E-state index in [9.17, 15) is 4.79 Å². The standard InChI is InChI=1S/C21H27N3O/c1-24(16-18-7-3-2-4-8-18)20-10-6-5-9-19(20)23-21(25)12-11-17-13-14-22-15-17/h2-10,17,22H,11-16H2,1H3,(H,23,25). The molecule has 0 spiro atoms. The Morgan fingerprint density at radius 3 is 2.68 bits per heavy atom. The number of carbonyl (C=O) groups excluding carboxylic acids is 1. The Bertz CT molecular complexity index is 681. The number of amides is 1. The maximum absolute atomic E-state index is 12.4. The highest BCUT2D eigenvalue weighted by atomic mass is 16.1. The van der Waals surface area contributed by atoms with Crippen LogP contribution >= 0.6 is 0 Å². The Hall–Kier alpha value is -2.33. The molecule has 2 aromatic rings. The van der Waals surface area contributed by atoms with Crippen LogP contribution in [0.5, 0.6) is 0 Å². The highest BCUT2D eigenvalue weighted by molar-refractivity contribution is 5.94. The highest BCUT2D eigenvalue weighted by Gasteiger charge is 2.16. The van der Waals surface area contributed by atoms with Crippen molar-refractivity contribution in [2.24, 2.45) is 5.92 Å². The first-order valence-electron chi connectivity index (χ1n) is 9.07. The Balaban J connectivity index is 1.60. The first kappa shape index (κ1) is 17.5. The van der Waals surface area contributed by atoms with Crippen molar-refractivity contribution in [3.05, 3.63) is 60.2 Å². The molecule has 1 unspecified atom stereocenters. The summed E-state index contributed by atoms with van der Waals surface area (Å²) in [7, 11) is 2.06. The molecule has 4 heteroatoms. The normalized spacial score (nSPS) is 16.6. The van der Waals surface area contributed by atoms with Gasteiger partial charge in [-0.1, -0.05) is 42.5 Å². The Morgan fingerprint density at radius 1 is 1.16 bits per heavy atom. The summed E-state index contributed by atoms with van der Waals surface area (Å²) in [5, 5.41) is 6.45. The maximum Gasteiger partial charge on any atom is 0.224 e. The zero-order chi connectivity index (χ0) is 17.5. The zero-order valence-electron chi connectivity index (χ0n) is 14.9. The average molecular weight is 337 g/mol. The molecule has 1 saturated heterocycles. The van der Waals surface area contributed by atoms with E-state index in [0.717, 1.165) is 37.4 Å². The van der Waals surface area contributed by atoms with Gasteiger partial charge in [0, 0.05) is 20.0 Å². The number of carbonyl (C=O) groups is 1. The van der Waals surface area contributed by atoms with E-state index in [4.69, 9.17) is 0 Å². The summed E-state index contributed by atoms with van der Waals surface area (Å²) in [6, 6.07) is 18.4. The largest absolute Gasteiger partial charge is 0.369 e. The Labute approximate surface area is 150 Å². The van der Waals surface area contributed by atoms with Crippen LogP contribution in [-0.4, -0.2) is 26.0 Å². The van der Waals surface area contributed by atoms with Gasteiger partial charge in [0.2, 0.25) is 5.91 Å². The molecule has 4 nitrogen and oxygen atoms in total. The molecule has 132 valence electrons. The lowest BCUT2D eigenvalue weighted by Gasteiger charge is -2.23. The van der Waals surface area contributed by atoms with E-state index in [0.29, 0.717) is 12.3 Å². The molecular formula is C21H27N3O. The number of hydrogen-bond donors (Lipinski definition) is 2. The molecule has 1 heterocycles.